The third-order valence-corrected chi connectivity index (χ3v) is 2.94. The molecule has 3 rings (SSSR count). The Kier molecular flexibility index (Phi) is 1.83. The molecule has 1 aliphatic carbocycles. The summed E-state index contributed by atoms with van der Waals surface area (Å²) in [7, 11) is 0. The standard InChI is InChI=1S/C11H11FO4/c12-9-6(13)5-7-10(16-4-3-15-7)8(9)11(14)1-2-11/h5,13-14H,1-4H2. The fourth-order valence-electron chi connectivity index (χ4n) is 1.93. The molecular formula is C11H11FO4. The van der Waals surface area contributed by atoms with Gasteiger partial charge >= 0.3 is 0 Å². The summed E-state index contributed by atoms with van der Waals surface area (Å²) in [5, 5.41) is 19.4. The second-order valence-electron chi connectivity index (χ2n) is 4.14. The number of hydrogen-bond acceptors (Lipinski definition) is 4. The Labute approximate surface area is 91.2 Å². The quantitative estimate of drug-likeness (QED) is 0.757. The van der Waals surface area contributed by atoms with Gasteiger partial charge in [-0.05, 0) is 12.8 Å². The Morgan fingerprint density at radius 2 is 1.94 bits per heavy atom. The summed E-state index contributed by atoms with van der Waals surface area (Å²) in [5.74, 6) is -0.814. The lowest BCUT2D eigenvalue weighted by atomic mass is 10.0. The van der Waals surface area contributed by atoms with E-state index in [-0.39, 0.29) is 11.3 Å². The van der Waals surface area contributed by atoms with Crippen LogP contribution in [0.2, 0.25) is 0 Å². The molecule has 1 heterocycles. The van der Waals surface area contributed by atoms with Crippen molar-refractivity contribution in [3.05, 3.63) is 17.4 Å². The number of aromatic hydroxyl groups is 1. The number of phenols is 1. The highest BCUT2D eigenvalue weighted by atomic mass is 19.1. The van der Waals surface area contributed by atoms with E-state index in [0.717, 1.165) is 0 Å². The molecule has 1 fully saturated rings. The van der Waals surface area contributed by atoms with E-state index in [1.807, 2.05) is 0 Å². The number of halogens is 1. The van der Waals surface area contributed by atoms with E-state index in [1.54, 1.807) is 0 Å². The van der Waals surface area contributed by atoms with E-state index in [2.05, 4.69) is 0 Å². The Hall–Kier alpha value is -1.49. The molecule has 0 aromatic heterocycles. The van der Waals surface area contributed by atoms with Gasteiger partial charge in [0.1, 0.15) is 13.2 Å². The van der Waals surface area contributed by atoms with Crippen molar-refractivity contribution >= 4 is 0 Å². The maximum absolute atomic E-state index is 13.8. The van der Waals surface area contributed by atoms with Crippen molar-refractivity contribution < 1.29 is 24.1 Å². The predicted molar refractivity (Wildman–Crippen MR) is 52.2 cm³/mol. The zero-order valence-corrected chi connectivity index (χ0v) is 8.49. The van der Waals surface area contributed by atoms with E-state index < -0.39 is 17.2 Å². The molecule has 0 unspecified atom stereocenters. The summed E-state index contributed by atoms with van der Waals surface area (Å²) in [6.45, 7) is 0.677. The van der Waals surface area contributed by atoms with E-state index in [1.165, 1.54) is 6.07 Å². The molecule has 0 saturated heterocycles. The van der Waals surface area contributed by atoms with E-state index in [4.69, 9.17) is 9.47 Å². The van der Waals surface area contributed by atoms with Gasteiger partial charge in [0.15, 0.2) is 23.1 Å². The van der Waals surface area contributed by atoms with Gasteiger partial charge in [0, 0.05) is 6.07 Å². The zero-order valence-electron chi connectivity index (χ0n) is 8.49. The van der Waals surface area contributed by atoms with Gasteiger partial charge in [-0.3, -0.25) is 0 Å². The number of phenolic OH excluding ortho intramolecular Hbond substituents is 1. The van der Waals surface area contributed by atoms with Crippen molar-refractivity contribution in [2.75, 3.05) is 13.2 Å². The van der Waals surface area contributed by atoms with Crippen LogP contribution in [-0.2, 0) is 5.60 Å². The number of fused-ring (bicyclic) bond motifs is 1. The lowest BCUT2D eigenvalue weighted by Crippen LogP contribution is -2.20. The normalized spacial score (nSPS) is 20.6. The molecule has 0 bridgehead atoms. The highest BCUT2D eigenvalue weighted by molar-refractivity contribution is 5.56. The summed E-state index contributed by atoms with van der Waals surface area (Å²) < 4.78 is 24.4. The van der Waals surface area contributed by atoms with E-state index in [0.29, 0.717) is 31.8 Å². The molecule has 0 atom stereocenters. The first-order chi connectivity index (χ1) is 7.62. The number of aliphatic hydroxyl groups is 1. The SMILES string of the molecule is Oc1cc2c(c(C3(O)CC3)c1F)OCCO2. The van der Waals surface area contributed by atoms with Crippen LogP contribution in [0.3, 0.4) is 0 Å². The molecule has 0 radical (unpaired) electrons. The van der Waals surface area contributed by atoms with Crippen LogP contribution >= 0.6 is 0 Å². The van der Waals surface area contributed by atoms with Crippen molar-refractivity contribution in [3.8, 4) is 17.2 Å². The number of ether oxygens (including phenoxy) is 2. The zero-order chi connectivity index (χ0) is 11.3. The molecule has 5 heteroatoms. The Balaban J connectivity index is 2.23. The van der Waals surface area contributed by atoms with Crippen LogP contribution in [-0.4, -0.2) is 23.4 Å². The Morgan fingerprint density at radius 1 is 1.25 bits per heavy atom. The fourth-order valence-corrected chi connectivity index (χ4v) is 1.93. The average molecular weight is 226 g/mol. The molecule has 1 aromatic carbocycles. The molecule has 2 aliphatic rings. The lowest BCUT2D eigenvalue weighted by molar-refractivity contribution is 0.124. The Bertz CT molecular complexity index is 454. The second-order valence-corrected chi connectivity index (χ2v) is 4.14. The highest BCUT2D eigenvalue weighted by Crippen LogP contribution is 2.54. The van der Waals surface area contributed by atoms with Gasteiger partial charge in [0.2, 0.25) is 0 Å². The summed E-state index contributed by atoms with van der Waals surface area (Å²) in [6.07, 6.45) is 0.951. The first-order valence-corrected chi connectivity index (χ1v) is 5.16. The second kappa shape index (κ2) is 3.01. The molecule has 1 aromatic rings. The third kappa shape index (κ3) is 1.24. The van der Waals surface area contributed by atoms with Crippen LogP contribution in [0, 0.1) is 5.82 Å². The minimum absolute atomic E-state index is 0.0298. The third-order valence-electron chi connectivity index (χ3n) is 2.94. The molecule has 1 saturated carbocycles. The van der Waals surface area contributed by atoms with E-state index >= 15 is 0 Å². The number of hydrogen-bond donors (Lipinski definition) is 2. The summed E-state index contributed by atoms with van der Waals surface area (Å²) in [5.41, 5.74) is -1.17. The van der Waals surface area contributed by atoms with Crippen LogP contribution in [0.4, 0.5) is 4.39 Å². The van der Waals surface area contributed by atoms with Crippen LogP contribution in [0.25, 0.3) is 0 Å². The minimum atomic E-state index is -1.20. The van der Waals surface area contributed by atoms with Gasteiger partial charge in [-0.15, -0.1) is 0 Å². The van der Waals surface area contributed by atoms with Crippen molar-refractivity contribution in [1.82, 2.24) is 0 Å². The molecule has 1 aliphatic heterocycles. The summed E-state index contributed by atoms with van der Waals surface area (Å²) in [4.78, 5) is 0. The van der Waals surface area contributed by atoms with Crippen molar-refractivity contribution in [2.24, 2.45) is 0 Å². The topological polar surface area (TPSA) is 58.9 Å². The monoisotopic (exact) mass is 226 g/mol. The van der Waals surface area contributed by atoms with Gasteiger partial charge in [-0.25, -0.2) is 4.39 Å². The van der Waals surface area contributed by atoms with Gasteiger partial charge in [0.05, 0.1) is 11.2 Å². The maximum atomic E-state index is 13.8. The molecule has 16 heavy (non-hydrogen) atoms. The van der Waals surface area contributed by atoms with Crippen LogP contribution < -0.4 is 9.47 Å². The smallest absolute Gasteiger partial charge is 0.174 e. The molecule has 0 amide bonds. The maximum Gasteiger partial charge on any atom is 0.174 e. The lowest BCUT2D eigenvalue weighted by Gasteiger charge is -2.23. The Morgan fingerprint density at radius 3 is 2.62 bits per heavy atom. The van der Waals surface area contributed by atoms with Crippen molar-refractivity contribution in [1.29, 1.82) is 0 Å². The minimum Gasteiger partial charge on any atom is -0.505 e. The molecule has 4 nitrogen and oxygen atoms in total. The predicted octanol–water partition coefficient (Wildman–Crippen LogP) is 1.28. The van der Waals surface area contributed by atoms with Crippen LogP contribution in [0.1, 0.15) is 18.4 Å². The first kappa shape index (κ1) is 9.72. The molecular weight excluding hydrogens is 215 g/mol. The molecule has 86 valence electrons. The number of rotatable bonds is 1. The van der Waals surface area contributed by atoms with Gasteiger partial charge in [0.25, 0.3) is 0 Å². The van der Waals surface area contributed by atoms with Gasteiger partial charge in [-0.2, -0.15) is 0 Å². The molecule has 2 N–H and O–H groups in total. The average Bonchev–Trinajstić information content (AvgIpc) is 2.99. The summed E-state index contributed by atoms with van der Waals surface area (Å²) >= 11 is 0. The number of benzene rings is 1. The van der Waals surface area contributed by atoms with Gasteiger partial charge in [-0.1, -0.05) is 0 Å². The van der Waals surface area contributed by atoms with Crippen LogP contribution in [0.5, 0.6) is 17.2 Å². The molecule has 0 spiro atoms. The largest absolute Gasteiger partial charge is 0.505 e. The van der Waals surface area contributed by atoms with Crippen molar-refractivity contribution in [3.63, 3.8) is 0 Å². The fraction of sp³-hybridized carbons (Fsp3) is 0.455. The highest BCUT2D eigenvalue weighted by Gasteiger charge is 2.48. The summed E-state index contributed by atoms with van der Waals surface area (Å²) in [6, 6.07) is 1.18. The van der Waals surface area contributed by atoms with Crippen molar-refractivity contribution in [2.45, 2.75) is 18.4 Å². The first-order valence-electron chi connectivity index (χ1n) is 5.16. The van der Waals surface area contributed by atoms with Gasteiger partial charge < -0.3 is 19.7 Å². The van der Waals surface area contributed by atoms with Crippen LogP contribution in [0.15, 0.2) is 6.07 Å². The van der Waals surface area contributed by atoms with E-state index in [9.17, 15) is 14.6 Å².